The third-order valence-electron chi connectivity index (χ3n) is 3.80. The van der Waals surface area contributed by atoms with E-state index in [0.29, 0.717) is 5.52 Å². The van der Waals surface area contributed by atoms with E-state index in [2.05, 4.69) is 9.88 Å². The monoisotopic (exact) mass is 272 g/mol. The molecule has 0 saturated carbocycles. The smallest absolute Gasteiger partial charge is 0.295 e. The average Bonchev–Trinajstić information content (AvgIpc) is 2.47. The lowest BCUT2D eigenvalue weighted by Crippen LogP contribution is -2.39. The van der Waals surface area contributed by atoms with Gasteiger partial charge in [0.2, 0.25) is 0 Å². The van der Waals surface area contributed by atoms with E-state index in [9.17, 15) is 10.1 Å². The van der Waals surface area contributed by atoms with E-state index < -0.39 is 0 Å². The average molecular weight is 272 g/mol. The molecule has 2 N–H and O–H groups in total. The molecule has 3 rings (SSSR count). The standard InChI is InChI=1S/C14H16N4O2/c15-10-5-8-17(9-6-10)12-4-7-16-14-11(12)2-1-3-13(14)18(19)20/h1-4,7,10H,5-6,8-9,15H2. The number of anilines is 1. The molecule has 104 valence electrons. The molecule has 1 fully saturated rings. The maximum Gasteiger partial charge on any atom is 0.295 e. The minimum atomic E-state index is -0.384. The predicted molar refractivity (Wildman–Crippen MR) is 77.8 cm³/mol. The summed E-state index contributed by atoms with van der Waals surface area (Å²) in [5.41, 5.74) is 7.43. The summed E-state index contributed by atoms with van der Waals surface area (Å²) in [6.07, 6.45) is 3.52. The number of nitro benzene ring substituents is 1. The van der Waals surface area contributed by atoms with Crippen LogP contribution in [-0.4, -0.2) is 29.0 Å². The molecule has 0 aliphatic carbocycles. The van der Waals surface area contributed by atoms with Crippen LogP contribution in [-0.2, 0) is 0 Å². The Morgan fingerprint density at radius 2 is 2.05 bits per heavy atom. The summed E-state index contributed by atoms with van der Waals surface area (Å²) >= 11 is 0. The lowest BCUT2D eigenvalue weighted by molar-refractivity contribution is -0.383. The zero-order valence-corrected chi connectivity index (χ0v) is 11.0. The van der Waals surface area contributed by atoms with Gasteiger partial charge in [-0.25, -0.2) is 4.98 Å². The number of nitrogens with zero attached hydrogens (tertiary/aromatic N) is 3. The number of fused-ring (bicyclic) bond motifs is 1. The number of non-ortho nitro benzene ring substituents is 1. The van der Waals surface area contributed by atoms with Crippen molar-refractivity contribution in [1.82, 2.24) is 4.98 Å². The lowest BCUT2D eigenvalue weighted by Gasteiger charge is -2.32. The zero-order valence-electron chi connectivity index (χ0n) is 11.0. The number of aromatic nitrogens is 1. The number of para-hydroxylation sites is 1. The molecule has 2 heterocycles. The Hall–Kier alpha value is -2.21. The van der Waals surface area contributed by atoms with Crippen molar-refractivity contribution in [3.63, 3.8) is 0 Å². The predicted octanol–water partition coefficient (Wildman–Crippen LogP) is 2.07. The molecule has 0 radical (unpaired) electrons. The first-order valence-corrected chi connectivity index (χ1v) is 6.69. The van der Waals surface area contributed by atoms with E-state index >= 15 is 0 Å². The van der Waals surface area contributed by atoms with Crippen LogP contribution in [0, 0.1) is 10.1 Å². The summed E-state index contributed by atoms with van der Waals surface area (Å²) in [4.78, 5) is 17.1. The van der Waals surface area contributed by atoms with Gasteiger partial charge < -0.3 is 10.6 Å². The van der Waals surface area contributed by atoms with Crippen LogP contribution in [0.5, 0.6) is 0 Å². The van der Waals surface area contributed by atoms with Gasteiger partial charge in [0, 0.05) is 42.5 Å². The maximum absolute atomic E-state index is 11.1. The maximum atomic E-state index is 11.1. The fraction of sp³-hybridized carbons (Fsp3) is 0.357. The normalized spacial score (nSPS) is 16.6. The number of hydrogen-bond donors (Lipinski definition) is 1. The Morgan fingerprint density at radius 3 is 2.75 bits per heavy atom. The van der Waals surface area contributed by atoms with Gasteiger partial charge >= 0.3 is 0 Å². The molecule has 1 saturated heterocycles. The van der Waals surface area contributed by atoms with Crippen LogP contribution in [0.25, 0.3) is 10.9 Å². The van der Waals surface area contributed by atoms with Crippen molar-refractivity contribution in [3.8, 4) is 0 Å². The summed E-state index contributed by atoms with van der Waals surface area (Å²) in [6.45, 7) is 1.76. The highest BCUT2D eigenvalue weighted by Gasteiger charge is 2.20. The second-order valence-corrected chi connectivity index (χ2v) is 5.08. The Labute approximate surface area is 116 Å². The van der Waals surface area contributed by atoms with Crippen LogP contribution in [0.4, 0.5) is 11.4 Å². The van der Waals surface area contributed by atoms with Gasteiger partial charge in [-0.15, -0.1) is 0 Å². The Balaban J connectivity index is 2.08. The molecule has 0 bridgehead atoms. The molecule has 0 amide bonds. The fourth-order valence-corrected chi connectivity index (χ4v) is 2.71. The molecular formula is C14H16N4O2. The molecule has 0 atom stereocenters. The van der Waals surface area contributed by atoms with Crippen LogP contribution in [0.3, 0.4) is 0 Å². The Bertz CT molecular complexity index is 651. The third-order valence-corrected chi connectivity index (χ3v) is 3.80. The Morgan fingerprint density at radius 1 is 1.30 bits per heavy atom. The minimum absolute atomic E-state index is 0.0538. The fourth-order valence-electron chi connectivity index (χ4n) is 2.71. The Kier molecular flexibility index (Phi) is 3.23. The molecule has 6 heteroatoms. The highest BCUT2D eigenvalue weighted by atomic mass is 16.6. The quantitative estimate of drug-likeness (QED) is 0.668. The topological polar surface area (TPSA) is 85.3 Å². The van der Waals surface area contributed by atoms with Crippen molar-refractivity contribution in [2.24, 2.45) is 5.73 Å². The van der Waals surface area contributed by atoms with Gasteiger partial charge in [-0.1, -0.05) is 12.1 Å². The summed E-state index contributed by atoms with van der Waals surface area (Å²) in [7, 11) is 0. The number of rotatable bonds is 2. The van der Waals surface area contributed by atoms with E-state index in [1.807, 2.05) is 12.1 Å². The van der Waals surface area contributed by atoms with Crippen LogP contribution in [0.15, 0.2) is 30.5 Å². The number of benzene rings is 1. The number of pyridine rings is 1. The van der Waals surface area contributed by atoms with Gasteiger partial charge in [0.05, 0.1) is 4.92 Å². The van der Waals surface area contributed by atoms with Gasteiger partial charge in [-0.3, -0.25) is 10.1 Å². The van der Waals surface area contributed by atoms with E-state index in [4.69, 9.17) is 5.73 Å². The third kappa shape index (κ3) is 2.18. The number of piperidine rings is 1. The van der Waals surface area contributed by atoms with Gasteiger partial charge in [-0.05, 0) is 18.9 Å². The second kappa shape index (κ2) is 5.05. The van der Waals surface area contributed by atoms with Crippen LogP contribution >= 0.6 is 0 Å². The molecule has 0 unspecified atom stereocenters. The molecule has 20 heavy (non-hydrogen) atoms. The largest absolute Gasteiger partial charge is 0.371 e. The lowest BCUT2D eigenvalue weighted by atomic mass is 10.0. The highest BCUT2D eigenvalue weighted by molar-refractivity contribution is 5.96. The van der Waals surface area contributed by atoms with Crippen LogP contribution < -0.4 is 10.6 Å². The van der Waals surface area contributed by atoms with Crippen molar-refractivity contribution in [3.05, 3.63) is 40.6 Å². The van der Waals surface area contributed by atoms with E-state index in [-0.39, 0.29) is 16.7 Å². The SMILES string of the molecule is NC1CCN(c2ccnc3c([N+](=O)[O-])cccc23)CC1. The number of nitro groups is 1. The van der Waals surface area contributed by atoms with Crippen molar-refractivity contribution in [2.75, 3.05) is 18.0 Å². The second-order valence-electron chi connectivity index (χ2n) is 5.08. The number of nitrogens with two attached hydrogens (primary N) is 1. The first-order chi connectivity index (χ1) is 9.66. The molecule has 1 aromatic heterocycles. The van der Waals surface area contributed by atoms with Crippen LogP contribution in [0.2, 0.25) is 0 Å². The van der Waals surface area contributed by atoms with E-state index in [1.165, 1.54) is 6.07 Å². The molecule has 1 aliphatic heterocycles. The highest BCUT2D eigenvalue weighted by Crippen LogP contribution is 2.31. The van der Waals surface area contributed by atoms with Gasteiger partial charge in [-0.2, -0.15) is 0 Å². The molecule has 1 aromatic carbocycles. The van der Waals surface area contributed by atoms with E-state index in [1.54, 1.807) is 12.3 Å². The minimum Gasteiger partial charge on any atom is -0.371 e. The van der Waals surface area contributed by atoms with Gasteiger partial charge in [0.15, 0.2) is 0 Å². The summed E-state index contributed by atoms with van der Waals surface area (Å²) in [5, 5.41) is 11.9. The van der Waals surface area contributed by atoms with Crippen molar-refractivity contribution >= 4 is 22.3 Å². The molecule has 2 aromatic rings. The summed E-state index contributed by atoms with van der Waals surface area (Å²) < 4.78 is 0. The molecular weight excluding hydrogens is 256 g/mol. The van der Waals surface area contributed by atoms with Crippen molar-refractivity contribution < 1.29 is 4.92 Å². The number of hydrogen-bond acceptors (Lipinski definition) is 5. The zero-order chi connectivity index (χ0) is 14.1. The molecule has 1 aliphatic rings. The van der Waals surface area contributed by atoms with Crippen molar-refractivity contribution in [2.45, 2.75) is 18.9 Å². The molecule has 0 spiro atoms. The first kappa shape index (κ1) is 12.8. The van der Waals surface area contributed by atoms with Crippen molar-refractivity contribution in [1.29, 1.82) is 0 Å². The summed E-state index contributed by atoms with van der Waals surface area (Å²) in [6, 6.07) is 7.27. The van der Waals surface area contributed by atoms with Crippen LogP contribution in [0.1, 0.15) is 12.8 Å². The van der Waals surface area contributed by atoms with Gasteiger partial charge in [0.25, 0.3) is 5.69 Å². The summed E-state index contributed by atoms with van der Waals surface area (Å²) in [5.74, 6) is 0. The van der Waals surface area contributed by atoms with E-state index in [0.717, 1.165) is 37.0 Å². The van der Waals surface area contributed by atoms with Gasteiger partial charge in [0.1, 0.15) is 5.52 Å². The first-order valence-electron chi connectivity index (χ1n) is 6.69. The molecule has 6 nitrogen and oxygen atoms in total.